The molecule has 0 aliphatic heterocycles. The molecule has 16 heavy (non-hydrogen) atoms. The van der Waals surface area contributed by atoms with Crippen molar-refractivity contribution in [2.24, 2.45) is 0 Å². The Labute approximate surface area is 97.1 Å². The van der Waals surface area contributed by atoms with Gasteiger partial charge >= 0.3 is 0 Å². The number of aliphatic hydroxyl groups excluding tert-OH is 1. The summed E-state index contributed by atoms with van der Waals surface area (Å²) in [5.74, 6) is 0.338. The Morgan fingerprint density at radius 1 is 1.19 bits per heavy atom. The van der Waals surface area contributed by atoms with Crippen molar-refractivity contribution < 1.29 is 10.2 Å². The van der Waals surface area contributed by atoms with E-state index in [2.05, 4.69) is 5.32 Å². The summed E-state index contributed by atoms with van der Waals surface area (Å²) in [5.41, 5.74) is 2.71. The second-order valence-electron chi connectivity index (χ2n) is 4.56. The molecule has 1 unspecified atom stereocenters. The molecule has 0 spiro atoms. The van der Waals surface area contributed by atoms with Crippen LogP contribution in [0.25, 0.3) is 0 Å². The second-order valence-corrected chi connectivity index (χ2v) is 4.56. The first-order valence-corrected chi connectivity index (χ1v) is 5.62. The third kappa shape index (κ3) is 2.97. The van der Waals surface area contributed by atoms with E-state index in [1.807, 2.05) is 39.8 Å². The zero-order chi connectivity index (χ0) is 12.3. The molecule has 3 heteroatoms. The predicted molar refractivity (Wildman–Crippen MR) is 65.7 cm³/mol. The van der Waals surface area contributed by atoms with Gasteiger partial charge in [-0.15, -0.1) is 0 Å². The highest BCUT2D eigenvalue weighted by Gasteiger charge is 2.13. The predicted octanol–water partition coefficient (Wildman–Crippen LogP) is 2.04. The van der Waals surface area contributed by atoms with E-state index in [0.29, 0.717) is 11.8 Å². The number of aromatic hydroxyl groups is 1. The largest absolute Gasteiger partial charge is 0.507 e. The third-order valence-electron chi connectivity index (χ3n) is 2.63. The van der Waals surface area contributed by atoms with Gasteiger partial charge in [-0.2, -0.15) is 0 Å². The van der Waals surface area contributed by atoms with Crippen LogP contribution in [-0.2, 0) is 0 Å². The molecule has 0 radical (unpaired) electrons. The number of aryl methyl sites for hydroxylation is 2. The van der Waals surface area contributed by atoms with Crippen LogP contribution in [0.5, 0.6) is 5.75 Å². The normalized spacial score (nSPS) is 13.1. The van der Waals surface area contributed by atoms with E-state index in [1.54, 1.807) is 0 Å². The molecule has 0 amide bonds. The highest BCUT2D eigenvalue weighted by molar-refractivity contribution is 5.43. The van der Waals surface area contributed by atoms with E-state index in [9.17, 15) is 10.2 Å². The summed E-state index contributed by atoms with van der Waals surface area (Å²) >= 11 is 0. The molecular formula is C13H21NO2. The lowest BCUT2D eigenvalue weighted by Crippen LogP contribution is -2.30. The zero-order valence-electron chi connectivity index (χ0n) is 10.4. The van der Waals surface area contributed by atoms with Gasteiger partial charge in [0.2, 0.25) is 0 Å². The van der Waals surface area contributed by atoms with Gasteiger partial charge in [-0.3, -0.25) is 0 Å². The Kier molecular flexibility index (Phi) is 4.33. The Morgan fingerprint density at radius 2 is 1.69 bits per heavy atom. The van der Waals surface area contributed by atoms with Crippen LogP contribution in [0.15, 0.2) is 12.1 Å². The van der Waals surface area contributed by atoms with Gasteiger partial charge < -0.3 is 15.5 Å². The number of benzene rings is 1. The highest BCUT2D eigenvalue weighted by Crippen LogP contribution is 2.26. The molecule has 1 atom stereocenters. The molecule has 1 aromatic carbocycles. The van der Waals surface area contributed by atoms with Gasteiger partial charge in [0.15, 0.2) is 0 Å². The van der Waals surface area contributed by atoms with Crippen LogP contribution >= 0.6 is 0 Å². The minimum absolute atomic E-state index is 0.0574. The van der Waals surface area contributed by atoms with Gasteiger partial charge in [-0.05, 0) is 30.5 Å². The molecule has 0 bridgehead atoms. The van der Waals surface area contributed by atoms with E-state index in [-0.39, 0.29) is 12.6 Å². The Morgan fingerprint density at radius 3 is 2.06 bits per heavy atom. The monoisotopic (exact) mass is 223 g/mol. The number of phenols is 1. The van der Waals surface area contributed by atoms with Crippen molar-refractivity contribution in [3.8, 4) is 5.75 Å². The Balaban J connectivity index is 3.01. The smallest absolute Gasteiger partial charge is 0.121 e. The fourth-order valence-corrected chi connectivity index (χ4v) is 1.85. The maximum absolute atomic E-state index is 9.68. The molecule has 0 saturated heterocycles. The minimum Gasteiger partial charge on any atom is -0.507 e. The second kappa shape index (κ2) is 5.32. The van der Waals surface area contributed by atoms with Crippen molar-refractivity contribution >= 4 is 0 Å². The summed E-state index contributed by atoms with van der Waals surface area (Å²) in [6, 6.07) is 4.07. The maximum atomic E-state index is 9.68. The minimum atomic E-state index is -0.0713. The van der Waals surface area contributed by atoms with Crippen LogP contribution in [0.3, 0.4) is 0 Å². The quantitative estimate of drug-likeness (QED) is 0.732. The molecular weight excluding hydrogens is 202 g/mol. The molecule has 0 heterocycles. The summed E-state index contributed by atoms with van der Waals surface area (Å²) in [4.78, 5) is 0. The van der Waals surface area contributed by atoms with E-state index >= 15 is 0 Å². The number of rotatable bonds is 4. The number of nitrogens with one attached hydrogen (secondary N) is 1. The Bertz CT molecular complexity index is 338. The molecule has 0 aliphatic carbocycles. The van der Waals surface area contributed by atoms with Crippen molar-refractivity contribution in [3.05, 3.63) is 28.8 Å². The Hall–Kier alpha value is -1.06. The van der Waals surface area contributed by atoms with Gasteiger partial charge in [0.1, 0.15) is 5.75 Å². The summed E-state index contributed by atoms with van der Waals surface area (Å²) in [6.45, 7) is 7.89. The molecule has 1 rings (SSSR count). The highest BCUT2D eigenvalue weighted by atomic mass is 16.3. The number of hydrogen-bond acceptors (Lipinski definition) is 3. The first-order valence-electron chi connectivity index (χ1n) is 5.62. The number of hydrogen-bond donors (Lipinski definition) is 3. The number of aliphatic hydroxyl groups is 1. The molecule has 3 nitrogen and oxygen atoms in total. The average molecular weight is 223 g/mol. The lowest BCUT2D eigenvalue weighted by molar-refractivity contribution is 0.237. The fraction of sp³-hybridized carbons (Fsp3) is 0.538. The van der Waals surface area contributed by atoms with Gasteiger partial charge in [-0.1, -0.05) is 26.0 Å². The SMILES string of the molecule is Cc1cc(C(CO)NC(C)C)cc(C)c1O. The topological polar surface area (TPSA) is 52.5 Å². The molecule has 0 aromatic heterocycles. The molecule has 3 N–H and O–H groups in total. The van der Waals surface area contributed by atoms with Crippen LogP contribution in [0.1, 0.15) is 36.6 Å². The standard InChI is InChI=1S/C13H21NO2/c1-8(2)14-12(7-15)11-5-9(3)13(16)10(4)6-11/h5-6,8,12,14-16H,7H2,1-4H3. The van der Waals surface area contributed by atoms with Crippen molar-refractivity contribution in [2.75, 3.05) is 6.61 Å². The summed E-state index contributed by atoms with van der Waals surface area (Å²) in [6.07, 6.45) is 0. The first kappa shape index (κ1) is 13.0. The summed E-state index contributed by atoms with van der Waals surface area (Å²) in [5, 5.41) is 22.3. The van der Waals surface area contributed by atoms with E-state index in [1.165, 1.54) is 0 Å². The fourth-order valence-electron chi connectivity index (χ4n) is 1.85. The van der Waals surface area contributed by atoms with Crippen molar-refractivity contribution in [2.45, 2.75) is 39.8 Å². The molecule has 0 aliphatic rings. The van der Waals surface area contributed by atoms with Gasteiger partial charge in [0.25, 0.3) is 0 Å². The molecule has 0 fully saturated rings. The van der Waals surface area contributed by atoms with E-state index in [4.69, 9.17) is 0 Å². The van der Waals surface area contributed by atoms with Crippen molar-refractivity contribution in [1.82, 2.24) is 5.32 Å². The molecule has 1 aromatic rings. The maximum Gasteiger partial charge on any atom is 0.121 e. The lowest BCUT2D eigenvalue weighted by atomic mass is 10.00. The average Bonchev–Trinajstić information content (AvgIpc) is 2.21. The van der Waals surface area contributed by atoms with Crippen LogP contribution in [0.2, 0.25) is 0 Å². The van der Waals surface area contributed by atoms with Crippen LogP contribution in [0.4, 0.5) is 0 Å². The van der Waals surface area contributed by atoms with Crippen molar-refractivity contribution in [3.63, 3.8) is 0 Å². The molecule has 0 saturated carbocycles. The third-order valence-corrected chi connectivity index (χ3v) is 2.63. The lowest BCUT2D eigenvalue weighted by Gasteiger charge is -2.21. The summed E-state index contributed by atoms with van der Waals surface area (Å²) < 4.78 is 0. The van der Waals surface area contributed by atoms with Gasteiger partial charge in [0.05, 0.1) is 12.6 Å². The summed E-state index contributed by atoms with van der Waals surface area (Å²) in [7, 11) is 0. The zero-order valence-corrected chi connectivity index (χ0v) is 10.4. The van der Waals surface area contributed by atoms with E-state index < -0.39 is 0 Å². The van der Waals surface area contributed by atoms with E-state index in [0.717, 1.165) is 16.7 Å². The van der Waals surface area contributed by atoms with Crippen molar-refractivity contribution in [1.29, 1.82) is 0 Å². The first-order chi connectivity index (χ1) is 7.45. The van der Waals surface area contributed by atoms with Crippen LogP contribution < -0.4 is 5.32 Å². The molecule has 90 valence electrons. The van der Waals surface area contributed by atoms with Crippen LogP contribution in [0, 0.1) is 13.8 Å². The van der Waals surface area contributed by atoms with Gasteiger partial charge in [0, 0.05) is 6.04 Å². The van der Waals surface area contributed by atoms with Crippen LogP contribution in [-0.4, -0.2) is 22.9 Å². The van der Waals surface area contributed by atoms with Gasteiger partial charge in [-0.25, -0.2) is 0 Å². The number of phenolic OH excluding ortho intramolecular Hbond substituents is 1.